The number of aliphatic hydroxyl groups excluding tert-OH is 12. The number of carboxylic acid groups (broad SMARTS) is 3. The van der Waals surface area contributed by atoms with E-state index in [0.717, 1.165) is 20.8 Å². The van der Waals surface area contributed by atoms with E-state index < -0.39 is 203 Å². The molecule has 40 nitrogen and oxygen atoms in total. The molecule has 3 fully saturated rings. The van der Waals surface area contributed by atoms with Crippen LogP contribution in [-0.2, 0) is 96.6 Å². The van der Waals surface area contributed by atoms with E-state index in [1.54, 1.807) is 0 Å². The first-order valence-electron chi connectivity index (χ1n) is 27.3. The SMILES string of the molecule is CC(=O)NC1C(C(O)C(O)CO)O[C@@](OCc2cn(CCN(CCn3cc(CO[C@]4(C(=O)O)C[C@@H](O)C(NC(C)=O)C(C(O)C(O)CO)O4)nn3)CCn3cc(CO[C@]4(C(=O)O)C[C@@H](O)C(NC(C)=O)C(CO)(C(O)CO)O4)nn3)nn2)(C(=O)O)C[C@H]1O. The second-order valence-electron chi connectivity index (χ2n) is 21.3. The van der Waals surface area contributed by atoms with E-state index in [-0.39, 0.29) is 56.4 Å². The van der Waals surface area contributed by atoms with Crippen LogP contribution in [0, 0.1) is 0 Å². The Bertz CT molecular complexity index is 2710. The van der Waals surface area contributed by atoms with Gasteiger partial charge in [-0.1, -0.05) is 15.6 Å². The average Bonchev–Trinajstić information content (AvgIpc) is 1.52. The molecule has 17 atom stereocenters. The molecule has 3 aliphatic rings. The van der Waals surface area contributed by atoms with E-state index in [1.165, 1.54) is 32.6 Å². The van der Waals surface area contributed by atoms with Crippen molar-refractivity contribution in [2.24, 2.45) is 0 Å². The summed E-state index contributed by atoms with van der Waals surface area (Å²) in [5.41, 5.74) is -2.40. The Morgan fingerprint density at radius 3 is 1.24 bits per heavy atom. The quantitative estimate of drug-likeness (QED) is 0.0269. The zero-order chi connectivity index (χ0) is 65.1. The van der Waals surface area contributed by atoms with Gasteiger partial charge in [0.15, 0.2) is 0 Å². The van der Waals surface area contributed by atoms with Crippen LogP contribution in [0.1, 0.15) is 57.1 Å². The molecule has 40 heteroatoms. The molecule has 3 saturated heterocycles. The van der Waals surface area contributed by atoms with Crippen LogP contribution in [0.5, 0.6) is 0 Å². The van der Waals surface area contributed by atoms with Crippen LogP contribution in [0.4, 0.5) is 0 Å². The van der Waals surface area contributed by atoms with E-state index in [9.17, 15) is 105 Å². The second kappa shape index (κ2) is 30.3. The molecular formula is C48H75N13O27. The lowest BCUT2D eigenvalue weighted by atomic mass is 9.79. The summed E-state index contributed by atoms with van der Waals surface area (Å²) in [4.78, 5) is 76.1. The summed E-state index contributed by atoms with van der Waals surface area (Å²) in [7, 11) is 0. The third kappa shape index (κ3) is 16.6. The largest absolute Gasteiger partial charge is 0.477 e. The van der Waals surface area contributed by atoms with Crippen LogP contribution in [0.15, 0.2) is 18.6 Å². The zero-order valence-corrected chi connectivity index (χ0v) is 47.6. The van der Waals surface area contributed by atoms with Crippen molar-refractivity contribution < 1.29 is 134 Å². The second-order valence-corrected chi connectivity index (χ2v) is 21.3. The number of carboxylic acids is 3. The summed E-state index contributed by atoms with van der Waals surface area (Å²) < 4.78 is 38.2. The Morgan fingerprint density at radius 2 is 0.920 bits per heavy atom. The van der Waals surface area contributed by atoms with Gasteiger partial charge in [-0.25, -0.2) is 14.4 Å². The third-order valence-electron chi connectivity index (χ3n) is 14.8. The van der Waals surface area contributed by atoms with Crippen molar-refractivity contribution in [3.63, 3.8) is 0 Å². The highest BCUT2D eigenvalue weighted by Gasteiger charge is 2.63. The Labute approximate surface area is 497 Å². The van der Waals surface area contributed by atoms with Crippen LogP contribution in [0.2, 0.25) is 0 Å². The molecule has 3 aromatic heterocycles. The number of nitrogens with one attached hydrogen (secondary N) is 3. The first kappa shape index (κ1) is 70.6. The van der Waals surface area contributed by atoms with E-state index in [2.05, 4.69) is 46.9 Å². The number of aliphatic carboxylic acids is 3. The van der Waals surface area contributed by atoms with Gasteiger partial charge in [0.25, 0.3) is 17.4 Å². The minimum Gasteiger partial charge on any atom is -0.477 e. The molecule has 6 heterocycles. The first-order chi connectivity index (χ1) is 41.5. The van der Waals surface area contributed by atoms with E-state index in [4.69, 9.17) is 28.4 Å². The number of ether oxygens (including phenoxy) is 6. The van der Waals surface area contributed by atoms with Crippen LogP contribution < -0.4 is 16.0 Å². The van der Waals surface area contributed by atoms with Gasteiger partial charge in [-0.05, 0) is 0 Å². The molecule has 6 rings (SSSR count). The average molecular weight is 1270 g/mol. The number of hydrogen-bond donors (Lipinski definition) is 18. The van der Waals surface area contributed by atoms with Crippen molar-refractivity contribution in [1.29, 1.82) is 0 Å². The van der Waals surface area contributed by atoms with Gasteiger partial charge in [-0.15, -0.1) is 15.3 Å². The Balaban J connectivity index is 1.18. The lowest BCUT2D eigenvalue weighted by Gasteiger charge is -2.52. The van der Waals surface area contributed by atoms with Gasteiger partial charge in [0.05, 0.1) is 121 Å². The van der Waals surface area contributed by atoms with Crippen LogP contribution in [0.25, 0.3) is 0 Å². The maximum absolute atomic E-state index is 12.8. The lowest BCUT2D eigenvalue weighted by Crippen LogP contribution is -2.75. The molecule has 0 aromatic carbocycles. The highest BCUT2D eigenvalue weighted by molar-refractivity contribution is 5.78. The van der Waals surface area contributed by atoms with E-state index in [1.807, 2.05) is 4.90 Å². The summed E-state index contributed by atoms with van der Waals surface area (Å²) in [6, 6.07) is -4.50. The molecule has 0 bridgehead atoms. The van der Waals surface area contributed by atoms with Crippen LogP contribution in [0.3, 0.4) is 0 Å². The highest BCUT2D eigenvalue weighted by Crippen LogP contribution is 2.41. The van der Waals surface area contributed by atoms with Gasteiger partial charge in [0, 0.05) is 59.7 Å². The molecule has 3 aromatic rings. The fourth-order valence-electron chi connectivity index (χ4n) is 10.2. The predicted octanol–water partition coefficient (Wildman–Crippen LogP) is -10.8. The fraction of sp³-hybridized carbons (Fsp3) is 0.750. The maximum Gasteiger partial charge on any atom is 0.364 e. The maximum atomic E-state index is 12.8. The molecule has 3 amide bonds. The van der Waals surface area contributed by atoms with Gasteiger partial charge in [-0.2, -0.15) is 0 Å². The number of hydrogen-bond acceptors (Lipinski definition) is 31. The normalized spacial score (nSPS) is 30.0. The monoisotopic (exact) mass is 1270 g/mol. The molecular weight excluding hydrogens is 1190 g/mol. The van der Waals surface area contributed by atoms with Crippen molar-refractivity contribution in [2.45, 2.75) is 182 Å². The van der Waals surface area contributed by atoms with Gasteiger partial charge in [0.2, 0.25) is 17.7 Å². The number of aromatic nitrogens is 9. The minimum absolute atomic E-state index is 0.0147. The molecule has 0 radical (unpaired) electrons. The number of nitrogens with zero attached hydrogens (tertiary/aromatic N) is 10. The number of carbonyl (C=O) groups is 6. The molecule has 0 spiro atoms. The molecule has 88 heavy (non-hydrogen) atoms. The Morgan fingerprint density at radius 1 is 0.568 bits per heavy atom. The van der Waals surface area contributed by atoms with Crippen molar-refractivity contribution in [3.05, 3.63) is 35.7 Å². The molecule has 0 saturated carbocycles. The lowest BCUT2D eigenvalue weighted by molar-refractivity contribution is -0.351. The summed E-state index contributed by atoms with van der Waals surface area (Å²) >= 11 is 0. The Kier molecular flexibility index (Phi) is 24.3. The van der Waals surface area contributed by atoms with Crippen molar-refractivity contribution in [1.82, 2.24) is 65.8 Å². The molecule has 0 aliphatic carbocycles. The summed E-state index contributed by atoms with van der Waals surface area (Å²) in [5, 5.41) is 187. The van der Waals surface area contributed by atoms with Crippen molar-refractivity contribution in [3.8, 4) is 0 Å². The molecule has 11 unspecified atom stereocenters. The van der Waals surface area contributed by atoms with Gasteiger partial charge < -0.3 is 121 Å². The van der Waals surface area contributed by atoms with E-state index in [0.29, 0.717) is 0 Å². The minimum atomic E-state index is -2.78. The number of aliphatic hydroxyl groups is 12. The topological polar surface area (TPSA) is 593 Å². The molecule has 3 aliphatic heterocycles. The molecule has 18 N–H and O–H groups in total. The number of carbonyl (C=O) groups excluding carboxylic acids is 3. The fourth-order valence-corrected chi connectivity index (χ4v) is 10.2. The summed E-state index contributed by atoms with van der Waals surface area (Å²) in [6.07, 6.45) is -17.0. The van der Waals surface area contributed by atoms with Crippen LogP contribution in [-0.4, -0.2) is 310 Å². The van der Waals surface area contributed by atoms with Crippen molar-refractivity contribution >= 4 is 35.6 Å². The Hall–Kier alpha value is -6.52. The smallest absolute Gasteiger partial charge is 0.364 e. The molecule has 494 valence electrons. The first-order valence-corrected chi connectivity index (χ1v) is 27.3. The highest BCUT2D eigenvalue weighted by atomic mass is 16.7. The van der Waals surface area contributed by atoms with Crippen molar-refractivity contribution in [2.75, 3.05) is 46.1 Å². The standard InChI is InChI=1S/C48H75N13O27/c1-23(66)49-35-29(69)10-46(42(77)78,86-39(35)37(75)32(72)16-62)83-19-26-13-59(55-52-26)7-4-58(5-8-60-14-27(53-56-60)20-84-47(43(79)80)11-30(70)36(50-24(2)67)40(87-47)38(76)33(73)17-63)6-9-61-15-28(54-57-61)21-85-48(44(81)82)12-31(71)41(51-25(3)68)45(22-65,88-48)34(74)18-64/h13-15,29-41,62-65,69-76H,4-12,16-22H2,1-3H3,(H,49,66)(H,50,67)(H,51,68)(H,77,78)(H,79,80)(H,81,82)/t29-,30-,31-,32?,33?,34?,35?,36?,37?,38?,39?,40?,41?,45?,46-,47-,48-/m1/s1. The third-order valence-corrected chi connectivity index (χ3v) is 14.8. The summed E-state index contributed by atoms with van der Waals surface area (Å²) in [6.45, 7) is -2.33. The predicted molar refractivity (Wildman–Crippen MR) is 279 cm³/mol. The van der Waals surface area contributed by atoms with Crippen LogP contribution >= 0.6 is 0 Å². The summed E-state index contributed by atoms with van der Waals surface area (Å²) in [5.74, 6) is -15.6. The zero-order valence-electron chi connectivity index (χ0n) is 47.6. The van der Waals surface area contributed by atoms with Gasteiger partial charge in [-0.3, -0.25) is 33.3 Å². The van der Waals surface area contributed by atoms with Gasteiger partial charge >= 0.3 is 17.9 Å². The van der Waals surface area contributed by atoms with Gasteiger partial charge in [0.1, 0.15) is 65.4 Å². The van der Waals surface area contributed by atoms with E-state index >= 15 is 0 Å². The number of amides is 3. The number of rotatable bonds is 33.